The summed E-state index contributed by atoms with van der Waals surface area (Å²) < 4.78 is 21.5. The molecule has 0 aromatic heterocycles. The molecule has 0 amide bonds. The van der Waals surface area contributed by atoms with Crippen LogP contribution in [0.2, 0.25) is 0 Å². The summed E-state index contributed by atoms with van der Waals surface area (Å²) in [4.78, 5) is 11.0. The molecule has 0 spiro atoms. The van der Waals surface area contributed by atoms with Gasteiger partial charge in [0.25, 0.3) is 0 Å². The maximum Gasteiger partial charge on any atom is 0.303 e. The van der Waals surface area contributed by atoms with Gasteiger partial charge in [-0.25, -0.2) is 0 Å². The van der Waals surface area contributed by atoms with Crippen molar-refractivity contribution in [3.8, 4) is 0 Å². The first-order valence-corrected chi connectivity index (χ1v) is 5.59. The molecule has 1 fully saturated rings. The fraction of sp³-hybridized carbons (Fsp3) is 0.909. The number of carbonyl (C=O) groups excluding carboxylic acids is 1. The van der Waals surface area contributed by atoms with Crippen molar-refractivity contribution in [3.63, 3.8) is 0 Å². The second-order valence-electron chi connectivity index (χ2n) is 4.40. The minimum atomic E-state index is -0.821. The first kappa shape index (κ1) is 14.4. The van der Waals surface area contributed by atoms with E-state index in [1.165, 1.54) is 6.92 Å². The smallest absolute Gasteiger partial charge is 0.303 e. The summed E-state index contributed by atoms with van der Waals surface area (Å²) in [5, 5.41) is 9.21. The van der Waals surface area contributed by atoms with Gasteiger partial charge in [0.1, 0.15) is 6.10 Å². The lowest BCUT2D eigenvalue weighted by molar-refractivity contribution is -0.333. The third-order valence-corrected chi connectivity index (χ3v) is 2.32. The molecule has 0 bridgehead atoms. The first-order chi connectivity index (χ1) is 7.84. The van der Waals surface area contributed by atoms with Gasteiger partial charge in [-0.05, 0) is 20.8 Å². The Labute approximate surface area is 101 Å². The molecule has 0 unspecified atom stereocenters. The number of esters is 1. The van der Waals surface area contributed by atoms with Gasteiger partial charge in [-0.3, -0.25) is 4.79 Å². The first-order valence-electron chi connectivity index (χ1n) is 5.59. The van der Waals surface area contributed by atoms with Crippen LogP contribution in [0.4, 0.5) is 0 Å². The summed E-state index contributed by atoms with van der Waals surface area (Å²) in [6.07, 6.45) is -1.84. The minimum Gasteiger partial charge on any atom is -0.457 e. The lowest BCUT2D eigenvalue weighted by atomic mass is 10.2. The Bertz CT molecular complexity index is 265. The Morgan fingerprint density at radius 2 is 2.18 bits per heavy atom. The van der Waals surface area contributed by atoms with Gasteiger partial charge in [0, 0.05) is 6.92 Å². The van der Waals surface area contributed by atoms with Crippen molar-refractivity contribution < 1.29 is 28.8 Å². The average Bonchev–Trinajstić information content (AvgIpc) is 2.18. The zero-order chi connectivity index (χ0) is 13.1. The third kappa shape index (κ3) is 4.59. The average molecular weight is 248 g/mol. The molecule has 1 heterocycles. The molecule has 100 valence electrons. The minimum absolute atomic E-state index is 0.116. The van der Waals surface area contributed by atoms with Gasteiger partial charge >= 0.3 is 5.97 Å². The fourth-order valence-electron chi connectivity index (χ4n) is 1.67. The number of ether oxygens (including phenoxy) is 4. The zero-order valence-corrected chi connectivity index (χ0v) is 10.6. The Balaban J connectivity index is 2.74. The van der Waals surface area contributed by atoms with E-state index in [0.717, 1.165) is 0 Å². The highest BCUT2D eigenvalue weighted by molar-refractivity contribution is 5.66. The monoisotopic (exact) mass is 248 g/mol. The van der Waals surface area contributed by atoms with E-state index < -0.39 is 30.3 Å². The largest absolute Gasteiger partial charge is 0.457 e. The maximum absolute atomic E-state index is 11.0. The normalized spacial score (nSPS) is 33.6. The highest BCUT2D eigenvalue weighted by Gasteiger charge is 2.34. The Kier molecular flexibility index (Phi) is 4.88. The summed E-state index contributed by atoms with van der Waals surface area (Å²) in [5.41, 5.74) is 0. The van der Waals surface area contributed by atoms with Crippen LogP contribution in [0.5, 0.6) is 0 Å². The van der Waals surface area contributed by atoms with Crippen molar-refractivity contribution in [2.75, 3.05) is 13.2 Å². The Morgan fingerprint density at radius 3 is 2.71 bits per heavy atom. The molecule has 1 N–H and O–H groups in total. The zero-order valence-electron chi connectivity index (χ0n) is 10.6. The molecule has 0 saturated carbocycles. The van der Waals surface area contributed by atoms with Crippen LogP contribution < -0.4 is 0 Å². The third-order valence-electron chi connectivity index (χ3n) is 2.32. The molecule has 0 radical (unpaired) electrons. The molecular weight excluding hydrogens is 228 g/mol. The highest BCUT2D eigenvalue weighted by atomic mass is 16.8. The van der Waals surface area contributed by atoms with Gasteiger partial charge < -0.3 is 24.1 Å². The van der Waals surface area contributed by atoms with Crippen LogP contribution >= 0.6 is 0 Å². The topological polar surface area (TPSA) is 74.2 Å². The van der Waals surface area contributed by atoms with Crippen LogP contribution in [0.25, 0.3) is 0 Å². The van der Waals surface area contributed by atoms with Crippen molar-refractivity contribution in [1.82, 2.24) is 0 Å². The fourth-order valence-corrected chi connectivity index (χ4v) is 1.67. The molecule has 3 atom stereocenters. The molecule has 0 aromatic carbocycles. The number of aliphatic hydroxyl groups excluding tert-OH is 1. The molecular formula is C11H20O6. The predicted molar refractivity (Wildman–Crippen MR) is 58.1 cm³/mol. The Morgan fingerprint density at radius 1 is 1.53 bits per heavy atom. The molecule has 1 rings (SSSR count). The molecule has 1 aliphatic rings. The predicted octanol–water partition coefficient (Wildman–Crippen LogP) is 0.424. The van der Waals surface area contributed by atoms with E-state index in [0.29, 0.717) is 0 Å². The van der Waals surface area contributed by atoms with Crippen LogP contribution in [-0.2, 0) is 23.7 Å². The van der Waals surface area contributed by atoms with Crippen LogP contribution in [0.1, 0.15) is 27.7 Å². The van der Waals surface area contributed by atoms with E-state index in [2.05, 4.69) is 0 Å². The summed E-state index contributed by atoms with van der Waals surface area (Å²) in [7, 11) is 0. The summed E-state index contributed by atoms with van der Waals surface area (Å²) >= 11 is 0. The summed E-state index contributed by atoms with van der Waals surface area (Å²) in [6.45, 7) is 6.34. The number of hydrogen-bond donors (Lipinski definition) is 1. The number of carbonyl (C=O) groups is 1. The molecule has 0 aliphatic carbocycles. The Hall–Kier alpha value is -0.690. The quantitative estimate of drug-likeness (QED) is 0.714. The molecule has 1 saturated heterocycles. The standard InChI is InChI=1S/C11H20O6/c1-7(13)15-10-6-14-11(3,4)17-8(2)16-9(10)5-12/h8-10,12H,5-6H2,1-4H3/t8-,9-,10-/m1/s1. The van der Waals surface area contributed by atoms with Crippen LogP contribution in [0.15, 0.2) is 0 Å². The van der Waals surface area contributed by atoms with E-state index >= 15 is 0 Å². The van der Waals surface area contributed by atoms with Gasteiger partial charge in [-0.15, -0.1) is 0 Å². The van der Waals surface area contributed by atoms with E-state index in [4.69, 9.17) is 18.9 Å². The van der Waals surface area contributed by atoms with E-state index in [1.807, 2.05) is 0 Å². The van der Waals surface area contributed by atoms with Crippen molar-refractivity contribution in [1.29, 1.82) is 0 Å². The van der Waals surface area contributed by atoms with Crippen LogP contribution in [0.3, 0.4) is 0 Å². The number of hydrogen-bond acceptors (Lipinski definition) is 6. The van der Waals surface area contributed by atoms with Gasteiger partial charge in [0.05, 0.1) is 13.2 Å². The van der Waals surface area contributed by atoms with Crippen molar-refractivity contribution in [2.24, 2.45) is 0 Å². The maximum atomic E-state index is 11.0. The number of rotatable bonds is 2. The second kappa shape index (κ2) is 5.77. The molecule has 17 heavy (non-hydrogen) atoms. The molecule has 0 aromatic rings. The summed E-state index contributed by atoms with van der Waals surface area (Å²) in [6, 6.07) is 0. The summed E-state index contributed by atoms with van der Waals surface area (Å²) in [5.74, 6) is -1.26. The van der Waals surface area contributed by atoms with Crippen molar-refractivity contribution in [3.05, 3.63) is 0 Å². The van der Waals surface area contributed by atoms with E-state index in [9.17, 15) is 9.90 Å². The van der Waals surface area contributed by atoms with Gasteiger partial charge in [-0.1, -0.05) is 0 Å². The lowest BCUT2D eigenvalue weighted by Gasteiger charge is -2.37. The molecule has 6 heteroatoms. The lowest BCUT2D eigenvalue weighted by Crippen LogP contribution is -2.48. The highest BCUT2D eigenvalue weighted by Crippen LogP contribution is 2.21. The number of aliphatic hydroxyl groups is 1. The van der Waals surface area contributed by atoms with Gasteiger partial charge in [0.2, 0.25) is 0 Å². The van der Waals surface area contributed by atoms with E-state index in [1.54, 1.807) is 20.8 Å². The molecule has 6 nitrogen and oxygen atoms in total. The molecule has 1 aliphatic heterocycles. The second-order valence-corrected chi connectivity index (χ2v) is 4.40. The van der Waals surface area contributed by atoms with E-state index in [-0.39, 0.29) is 13.2 Å². The van der Waals surface area contributed by atoms with Crippen LogP contribution in [0, 0.1) is 0 Å². The van der Waals surface area contributed by atoms with Gasteiger partial charge in [0.15, 0.2) is 18.2 Å². The van der Waals surface area contributed by atoms with Crippen molar-refractivity contribution >= 4 is 5.97 Å². The van der Waals surface area contributed by atoms with Crippen LogP contribution in [-0.4, -0.2) is 48.6 Å². The van der Waals surface area contributed by atoms with Crippen molar-refractivity contribution in [2.45, 2.75) is 52.0 Å². The SMILES string of the molecule is CC(=O)O[C@@H]1COC(C)(C)O[C@H](C)O[C@@H]1CO. The van der Waals surface area contributed by atoms with Gasteiger partial charge in [-0.2, -0.15) is 0 Å².